The van der Waals surface area contributed by atoms with Gasteiger partial charge in [-0.15, -0.1) is 11.3 Å². The van der Waals surface area contributed by atoms with Crippen LogP contribution in [0.15, 0.2) is 66.0 Å². The van der Waals surface area contributed by atoms with Crippen molar-refractivity contribution in [3.8, 4) is 0 Å². The van der Waals surface area contributed by atoms with Crippen LogP contribution >= 0.6 is 11.3 Å². The van der Waals surface area contributed by atoms with E-state index in [1.165, 1.54) is 5.56 Å². The number of thiophene rings is 1. The van der Waals surface area contributed by atoms with Gasteiger partial charge in [0.1, 0.15) is 0 Å². The molecular weight excluding hydrogens is 416 g/mol. The Hall–Kier alpha value is -2.92. The lowest BCUT2D eigenvalue weighted by atomic mass is 9.80. The third-order valence-electron chi connectivity index (χ3n) is 6.84. The van der Waals surface area contributed by atoms with E-state index in [9.17, 15) is 9.59 Å². The summed E-state index contributed by atoms with van der Waals surface area (Å²) in [7, 11) is 0. The van der Waals surface area contributed by atoms with Crippen molar-refractivity contribution in [1.82, 2.24) is 4.90 Å². The molecule has 4 nitrogen and oxygen atoms in total. The maximum absolute atomic E-state index is 13.8. The maximum Gasteiger partial charge on any atom is 0.254 e. The molecule has 164 valence electrons. The van der Waals surface area contributed by atoms with Gasteiger partial charge in [-0.05, 0) is 60.0 Å². The number of hydrogen-bond acceptors (Lipinski definition) is 3. The van der Waals surface area contributed by atoms with Gasteiger partial charge in [0.2, 0.25) is 5.91 Å². The molecule has 5 heteroatoms. The lowest BCUT2D eigenvalue weighted by Gasteiger charge is -2.44. The third kappa shape index (κ3) is 3.75. The zero-order valence-electron chi connectivity index (χ0n) is 18.3. The molecule has 2 aromatic carbocycles. The number of nitrogens with zero attached hydrogens (tertiary/aromatic N) is 1. The fourth-order valence-corrected chi connectivity index (χ4v) is 6.08. The molecule has 32 heavy (non-hydrogen) atoms. The summed E-state index contributed by atoms with van der Waals surface area (Å²) in [6.07, 6.45) is 5.23. The highest BCUT2D eigenvalue weighted by molar-refractivity contribution is 7.10. The van der Waals surface area contributed by atoms with Gasteiger partial charge in [0, 0.05) is 22.2 Å². The normalized spacial score (nSPS) is 20.9. The van der Waals surface area contributed by atoms with Crippen LogP contribution in [0.2, 0.25) is 0 Å². The van der Waals surface area contributed by atoms with E-state index in [4.69, 9.17) is 0 Å². The maximum atomic E-state index is 13.8. The van der Waals surface area contributed by atoms with E-state index in [1.807, 2.05) is 52.7 Å². The summed E-state index contributed by atoms with van der Waals surface area (Å²) < 4.78 is 0. The molecule has 2 aliphatic rings. The van der Waals surface area contributed by atoms with E-state index in [2.05, 4.69) is 30.4 Å². The van der Waals surface area contributed by atoms with Gasteiger partial charge >= 0.3 is 0 Å². The number of amides is 2. The second-order valence-electron chi connectivity index (χ2n) is 8.72. The van der Waals surface area contributed by atoms with Crippen LogP contribution in [0, 0.1) is 0 Å². The van der Waals surface area contributed by atoms with Gasteiger partial charge in [0.05, 0.1) is 12.0 Å². The van der Waals surface area contributed by atoms with Crippen molar-refractivity contribution in [3.05, 3.63) is 87.6 Å². The van der Waals surface area contributed by atoms with Crippen LogP contribution in [0.4, 0.5) is 5.69 Å². The highest BCUT2D eigenvalue weighted by Gasteiger charge is 2.47. The second kappa shape index (κ2) is 8.91. The number of aryl methyl sites for hydroxylation is 1. The molecule has 1 aromatic heterocycles. The standard InChI is InChI=1S/C27H28N2O2S/c1-2-18-13-15-19(16-14-18)28-26(30)24-21-10-5-6-11-22(21)27(31)29(20-8-3-4-9-20)25(24)23-12-7-17-32-23/h5-7,10-17,20,24-25H,2-4,8-9H2,1H3,(H,28,30)/t24-,25+/m1/s1. The number of rotatable bonds is 5. The lowest BCUT2D eigenvalue weighted by molar-refractivity contribution is -0.119. The van der Waals surface area contributed by atoms with Crippen molar-refractivity contribution in [2.75, 3.05) is 5.32 Å². The molecule has 1 aliphatic carbocycles. The van der Waals surface area contributed by atoms with Gasteiger partial charge in [-0.1, -0.05) is 56.2 Å². The minimum atomic E-state index is -0.450. The molecule has 1 N–H and O–H groups in total. The number of carbonyl (C=O) groups is 2. The van der Waals surface area contributed by atoms with Crippen molar-refractivity contribution in [2.45, 2.75) is 57.0 Å². The highest BCUT2D eigenvalue weighted by Crippen LogP contribution is 2.47. The lowest BCUT2D eigenvalue weighted by Crippen LogP contribution is -2.49. The van der Waals surface area contributed by atoms with E-state index in [0.29, 0.717) is 5.56 Å². The van der Waals surface area contributed by atoms with Crippen molar-refractivity contribution in [3.63, 3.8) is 0 Å². The molecule has 2 amide bonds. The Morgan fingerprint density at radius 1 is 1.03 bits per heavy atom. The van der Waals surface area contributed by atoms with Crippen LogP contribution in [-0.2, 0) is 11.2 Å². The van der Waals surface area contributed by atoms with E-state index >= 15 is 0 Å². The largest absolute Gasteiger partial charge is 0.327 e. The Bertz CT molecular complexity index is 1100. The van der Waals surface area contributed by atoms with Gasteiger partial charge in [0.15, 0.2) is 0 Å². The Morgan fingerprint density at radius 2 is 1.78 bits per heavy atom. The first kappa shape index (κ1) is 21.0. The summed E-state index contributed by atoms with van der Waals surface area (Å²) in [5, 5.41) is 5.18. The second-order valence-corrected chi connectivity index (χ2v) is 9.69. The Morgan fingerprint density at radius 3 is 2.47 bits per heavy atom. The summed E-state index contributed by atoms with van der Waals surface area (Å²) in [6, 6.07) is 19.7. The number of benzene rings is 2. The summed E-state index contributed by atoms with van der Waals surface area (Å²) >= 11 is 1.63. The fourth-order valence-electron chi connectivity index (χ4n) is 5.22. The number of hydrogen-bond donors (Lipinski definition) is 1. The van der Waals surface area contributed by atoms with E-state index < -0.39 is 5.92 Å². The fraction of sp³-hybridized carbons (Fsp3) is 0.333. The molecule has 1 aliphatic heterocycles. The zero-order valence-corrected chi connectivity index (χ0v) is 19.1. The van der Waals surface area contributed by atoms with Gasteiger partial charge in [-0.25, -0.2) is 0 Å². The molecule has 0 unspecified atom stereocenters. The first-order chi connectivity index (χ1) is 15.7. The van der Waals surface area contributed by atoms with Crippen LogP contribution in [-0.4, -0.2) is 22.8 Å². The van der Waals surface area contributed by atoms with Crippen LogP contribution < -0.4 is 5.32 Å². The smallest absolute Gasteiger partial charge is 0.254 e. The molecule has 5 rings (SSSR count). The molecular formula is C27H28N2O2S. The Labute approximate surface area is 193 Å². The van der Waals surface area contributed by atoms with E-state index in [-0.39, 0.29) is 23.9 Å². The Kier molecular flexibility index (Phi) is 5.83. The van der Waals surface area contributed by atoms with Gasteiger partial charge in [-0.3, -0.25) is 9.59 Å². The van der Waals surface area contributed by atoms with Crippen molar-refractivity contribution in [1.29, 1.82) is 0 Å². The first-order valence-corrected chi connectivity index (χ1v) is 12.4. The molecule has 0 bridgehead atoms. The average molecular weight is 445 g/mol. The van der Waals surface area contributed by atoms with Crippen molar-refractivity contribution >= 4 is 28.8 Å². The Balaban J connectivity index is 1.58. The summed E-state index contributed by atoms with van der Waals surface area (Å²) in [5.41, 5.74) is 3.51. The van der Waals surface area contributed by atoms with Crippen molar-refractivity contribution < 1.29 is 9.59 Å². The first-order valence-electron chi connectivity index (χ1n) is 11.5. The average Bonchev–Trinajstić information content (AvgIpc) is 3.54. The number of carbonyl (C=O) groups excluding carboxylic acids is 2. The zero-order chi connectivity index (χ0) is 22.1. The van der Waals surface area contributed by atoms with Gasteiger partial charge in [0.25, 0.3) is 5.91 Å². The number of anilines is 1. The van der Waals surface area contributed by atoms with Crippen LogP contribution in [0.25, 0.3) is 0 Å². The molecule has 0 saturated heterocycles. The highest BCUT2D eigenvalue weighted by atomic mass is 32.1. The molecule has 2 atom stereocenters. The molecule has 3 aromatic rings. The quantitative estimate of drug-likeness (QED) is 0.511. The molecule has 1 fully saturated rings. The minimum absolute atomic E-state index is 0.0576. The van der Waals surface area contributed by atoms with Crippen LogP contribution in [0.5, 0.6) is 0 Å². The SMILES string of the molecule is CCc1ccc(NC(=O)[C@@H]2c3ccccc3C(=O)N(C3CCCC3)[C@H]2c2cccs2)cc1. The monoisotopic (exact) mass is 444 g/mol. The van der Waals surface area contributed by atoms with Gasteiger partial charge < -0.3 is 10.2 Å². The summed E-state index contributed by atoms with van der Waals surface area (Å²) in [5.74, 6) is -0.452. The minimum Gasteiger partial charge on any atom is -0.327 e. The van der Waals surface area contributed by atoms with E-state index in [0.717, 1.165) is 48.2 Å². The molecule has 2 heterocycles. The third-order valence-corrected chi connectivity index (χ3v) is 7.78. The molecule has 0 spiro atoms. The topological polar surface area (TPSA) is 49.4 Å². The van der Waals surface area contributed by atoms with Crippen LogP contribution in [0.1, 0.15) is 70.9 Å². The van der Waals surface area contributed by atoms with Crippen LogP contribution in [0.3, 0.4) is 0 Å². The number of fused-ring (bicyclic) bond motifs is 1. The predicted octanol–water partition coefficient (Wildman–Crippen LogP) is 6.17. The molecule has 0 radical (unpaired) electrons. The summed E-state index contributed by atoms with van der Waals surface area (Å²) in [6.45, 7) is 2.12. The summed E-state index contributed by atoms with van der Waals surface area (Å²) in [4.78, 5) is 30.6. The predicted molar refractivity (Wildman–Crippen MR) is 129 cm³/mol. The van der Waals surface area contributed by atoms with Gasteiger partial charge in [-0.2, -0.15) is 0 Å². The molecule has 1 saturated carbocycles. The number of nitrogens with one attached hydrogen (secondary N) is 1. The van der Waals surface area contributed by atoms with E-state index in [1.54, 1.807) is 11.3 Å². The van der Waals surface area contributed by atoms with Crippen molar-refractivity contribution in [2.24, 2.45) is 0 Å².